The van der Waals surface area contributed by atoms with E-state index in [9.17, 15) is 49.5 Å². The number of aliphatic carboxylic acids is 1. The van der Waals surface area contributed by atoms with Gasteiger partial charge in [-0.3, -0.25) is 9.59 Å². The standard InChI is InChI=1S/C33H36F7NO5S/c1-29(2,3)22-5-4-6-24(18-22)47(45,46)30-15-16-41(27(42)19-7-9-20(10-8-19)28(43)44)26(30)14-11-21-17-23(12-13-25(21)30)31(34,32(35,36)37)33(38,39)40/h4-6,12-13,17-20,26H,7-11,14-16H2,1-3H3,(H,43,44). The van der Waals surface area contributed by atoms with Crippen LogP contribution in [0.25, 0.3) is 0 Å². The van der Waals surface area contributed by atoms with Crippen LogP contribution in [-0.2, 0) is 41.7 Å². The zero-order chi connectivity index (χ0) is 35.0. The molecule has 2 atom stereocenters. The molecule has 1 aliphatic heterocycles. The van der Waals surface area contributed by atoms with E-state index in [2.05, 4.69) is 0 Å². The van der Waals surface area contributed by atoms with Gasteiger partial charge in [-0.05, 0) is 79.2 Å². The predicted octanol–water partition coefficient (Wildman–Crippen LogP) is 7.38. The lowest BCUT2D eigenvalue weighted by atomic mass is 9.76. The molecule has 3 aliphatic rings. The van der Waals surface area contributed by atoms with E-state index in [0.29, 0.717) is 17.7 Å². The molecule has 47 heavy (non-hydrogen) atoms. The number of rotatable bonds is 5. The van der Waals surface area contributed by atoms with Gasteiger partial charge in [0.15, 0.2) is 9.84 Å². The van der Waals surface area contributed by atoms with Gasteiger partial charge in [0.05, 0.1) is 16.9 Å². The number of sulfone groups is 1. The molecule has 0 spiro atoms. The van der Waals surface area contributed by atoms with Crippen molar-refractivity contribution in [1.29, 1.82) is 0 Å². The fourth-order valence-corrected chi connectivity index (χ4v) is 10.1. The first-order valence-electron chi connectivity index (χ1n) is 15.4. The zero-order valence-corrected chi connectivity index (χ0v) is 26.8. The van der Waals surface area contributed by atoms with Gasteiger partial charge in [-0.15, -0.1) is 0 Å². The van der Waals surface area contributed by atoms with Crippen LogP contribution in [0.1, 0.15) is 81.5 Å². The summed E-state index contributed by atoms with van der Waals surface area (Å²) in [5.74, 6) is -2.49. The second-order valence-electron chi connectivity index (χ2n) is 13.9. The molecule has 1 saturated heterocycles. The number of hydrogen-bond acceptors (Lipinski definition) is 4. The van der Waals surface area contributed by atoms with E-state index in [0.717, 1.165) is 6.07 Å². The summed E-state index contributed by atoms with van der Waals surface area (Å²) in [4.78, 5) is 26.7. The summed E-state index contributed by atoms with van der Waals surface area (Å²) in [7, 11) is -4.49. The summed E-state index contributed by atoms with van der Waals surface area (Å²) in [6.45, 7) is 5.56. The largest absolute Gasteiger partial charge is 0.481 e. The van der Waals surface area contributed by atoms with Crippen LogP contribution in [0.3, 0.4) is 0 Å². The lowest BCUT2D eigenvalue weighted by molar-refractivity contribution is -0.348. The van der Waals surface area contributed by atoms with Gasteiger partial charge in [-0.25, -0.2) is 12.8 Å². The molecule has 2 aliphatic carbocycles. The Balaban J connectivity index is 1.65. The molecular formula is C33H36F7NO5S. The molecule has 258 valence electrons. The maximum absolute atomic E-state index is 15.1. The first-order valence-corrected chi connectivity index (χ1v) is 16.9. The third-order valence-corrected chi connectivity index (χ3v) is 12.8. The minimum atomic E-state index is -6.34. The number of fused-ring (bicyclic) bond motifs is 3. The van der Waals surface area contributed by atoms with Crippen molar-refractivity contribution in [3.05, 3.63) is 64.7 Å². The highest BCUT2D eigenvalue weighted by atomic mass is 32.2. The minimum Gasteiger partial charge on any atom is -0.481 e. The molecule has 2 unspecified atom stereocenters. The van der Waals surface area contributed by atoms with Crippen LogP contribution in [0.4, 0.5) is 30.7 Å². The van der Waals surface area contributed by atoms with Crippen molar-refractivity contribution < 1.29 is 53.8 Å². The molecule has 14 heteroatoms. The highest BCUT2D eigenvalue weighted by Gasteiger charge is 2.74. The summed E-state index contributed by atoms with van der Waals surface area (Å²) in [5.41, 5.74) is -7.43. The number of halogens is 7. The number of carbonyl (C=O) groups is 2. The monoisotopic (exact) mass is 691 g/mol. The Labute approximate surface area is 268 Å². The molecule has 1 N–H and O–H groups in total. The van der Waals surface area contributed by atoms with Gasteiger partial charge >= 0.3 is 24.0 Å². The Morgan fingerprint density at radius 1 is 0.830 bits per heavy atom. The molecule has 2 fully saturated rings. The number of benzene rings is 2. The Morgan fingerprint density at radius 2 is 1.43 bits per heavy atom. The van der Waals surface area contributed by atoms with E-state index in [-0.39, 0.29) is 73.4 Å². The van der Waals surface area contributed by atoms with Crippen molar-refractivity contribution in [2.75, 3.05) is 6.54 Å². The van der Waals surface area contributed by atoms with E-state index in [4.69, 9.17) is 0 Å². The summed E-state index contributed by atoms with van der Waals surface area (Å²) < 4.78 is 125. The molecule has 0 aromatic heterocycles. The number of nitrogens with zero attached hydrogens (tertiary/aromatic N) is 1. The number of likely N-dealkylation sites (tertiary alicyclic amines) is 1. The smallest absolute Gasteiger partial charge is 0.435 e. The Hall–Kier alpha value is -3.16. The van der Waals surface area contributed by atoms with E-state index >= 15 is 4.39 Å². The van der Waals surface area contributed by atoms with E-state index in [1.54, 1.807) is 12.1 Å². The fraction of sp³-hybridized carbons (Fsp3) is 0.576. The number of alkyl halides is 7. The maximum Gasteiger partial charge on any atom is 0.435 e. The normalized spacial score (nSPS) is 25.7. The second kappa shape index (κ2) is 11.5. The molecule has 6 nitrogen and oxygen atoms in total. The van der Waals surface area contributed by atoms with Crippen molar-refractivity contribution in [1.82, 2.24) is 4.90 Å². The van der Waals surface area contributed by atoms with Crippen molar-refractivity contribution in [2.24, 2.45) is 11.8 Å². The number of hydrogen-bond donors (Lipinski definition) is 1. The average Bonchev–Trinajstić information content (AvgIpc) is 3.40. The number of carboxylic acids is 1. The van der Waals surface area contributed by atoms with Crippen LogP contribution in [0.5, 0.6) is 0 Å². The van der Waals surface area contributed by atoms with Gasteiger partial charge in [0, 0.05) is 18.0 Å². The second-order valence-corrected chi connectivity index (χ2v) is 16.1. The van der Waals surface area contributed by atoms with E-state index in [1.807, 2.05) is 20.8 Å². The van der Waals surface area contributed by atoms with Gasteiger partial charge in [0.2, 0.25) is 5.91 Å². The van der Waals surface area contributed by atoms with Gasteiger partial charge < -0.3 is 10.0 Å². The van der Waals surface area contributed by atoms with E-state index < -0.39 is 67.4 Å². The summed E-state index contributed by atoms with van der Waals surface area (Å²) >= 11 is 0. The maximum atomic E-state index is 15.1. The topological polar surface area (TPSA) is 91.8 Å². The molecule has 2 aromatic rings. The van der Waals surface area contributed by atoms with E-state index in [1.165, 1.54) is 17.0 Å². The zero-order valence-electron chi connectivity index (χ0n) is 26.0. The van der Waals surface area contributed by atoms with Crippen molar-refractivity contribution >= 4 is 21.7 Å². The number of carbonyl (C=O) groups excluding carboxylic acids is 1. The van der Waals surface area contributed by atoms with Gasteiger partial charge in [-0.1, -0.05) is 51.1 Å². The summed E-state index contributed by atoms with van der Waals surface area (Å²) in [5, 5.41) is 9.37. The highest BCUT2D eigenvalue weighted by molar-refractivity contribution is 7.92. The fourth-order valence-electron chi connectivity index (χ4n) is 7.66. The van der Waals surface area contributed by atoms with Gasteiger partial charge in [0.25, 0.3) is 0 Å². The third kappa shape index (κ3) is 5.51. The Kier molecular flexibility index (Phi) is 8.58. The Bertz CT molecular complexity index is 1660. The van der Waals surface area contributed by atoms with Crippen LogP contribution in [0.15, 0.2) is 47.4 Å². The van der Waals surface area contributed by atoms with Crippen molar-refractivity contribution in [3.63, 3.8) is 0 Å². The van der Waals surface area contributed by atoms with Crippen molar-refractivity contribution in [2.45, 2.75) is 105 Å². The number of amides is 1. The predicted molar refractivity (Wildman–Crippen MR) is 157 cm³/mol. The van der Waals surface area contributed by atoms with Crippen molar-refractivity contribution in [3.8, 4) is 0 Å². The van der Waals surface area contributed by atoms with Crippen LogP contribution in [0, 0.1) is 11.8 Å². The van der Waals surface area contributed by atoms with Crippen LogP contribution in [0.2, 0.25) is 0 Å². The van der Waals surface area contributed by atoms with Gasteiger partial charge in [0.1, 0.15) is 4.75 Å². The molecule has 1 amide bonds. The first kappa shape index (κ1) is 35.2. The highest BCUT2D eigenvalue weighted by Crippen LogP contribution is 2.57. The number of carboxylic acid groups (broad SMARTS) is 1. The quantitative estimate of drug-likeness (QED) is 0.331. The number of aryl methyl sites for hydroxylation is 1. The lowest BCUT2D eigenvalue weighted by Crippen LogP contribution is -2.54. The minimum absolute atomic E-state index is 0.0557. The molecule has 0 bridgehead atoms. The molecule has 2 aromatic carbocycles. The van der Waals surface area contributed by atoms with Crippen LogP contribution >= 0.6 is 0 Å². The summed E-state index contributed by atoms with van der Waals surface area (Å²) in [6, 6.07) is 6.79. The summed E-state index contributed by atoms with van der Waals surface area (Å²) in [6.07, 6.45) is -12.1. The molecular weight excluding hydrogens is 655 g/mol. The molecule has 0 radical (unpaired) electrons. The van der Waals surface area contributed by atoms with Crippen LogP contribution < -0.4 is 0 Å². The third-order valence-electron chi connectivity index (χ3n) is 10.3. The average molecular weight is 692 g/mol. The Morgan fingerprint density at radius 3 is 1.98 bits per heavy atom. The molecule has 1 saturated carbocycles. The van der Waals surface area contributed by atoms with Crippen LogP contribution in [-0.4, -0.2) is 55.2 Å². The molecule has 5 rings (SSSR count). The SMILES string of the molecule is CC(C)(C)c1cccc(S(=O)(=O)C23CCN(C(=O)C4CCC(C(=O)O)CC4)C2CCc2cc(C(F)(C(F)(F)F)C(F)(F)F)ccc23)c1. The molecule has 1 heterocycles. The van der Waals surface area contributed by atoms with Gasteiger partial charge in [-0.2, -0.15) is 26.3 Å². The first-order chi connectivity index (χ1) is 21.6. The lowest BCUT2D eigenvalue weighted by Gasteiger charge is -2.44.